The van der Waals surface area contributed by atoms with E-state index in [9.17, 15) is 10.1 Å². The van der Waals surface area contributed by atoms with Crippen LogP contribution in [0.25, 0.3) is 16.9 Å². The monoisotopic (exact) mass is 563 g/mol. The van der Waals surface area contributed by atoms with Crippen molar-refractivity contribution in [3.05, 3.63) is 99.4 Å². The minimum absolute atomic E-state index is 0.00329. The molecule has 10 heteroatoms. The third-order valence-corrected chi connectivity index (χ3v) is 8.03. The fourth-order valence-electron chi connectivity index (χ4n) is 5.97. The average molecular weight is 564 g/mol. The van der Waals surface area contributed by atoms with E-state index in [1.54, 1.807) is 6.92 Å². The Hall–Kier alpha value is -4.62. The maximum absolute atomic E-state index is 14.2. The van der Waals surface area contributed by atoms with Gasteiger partial charge in [-0.2, -0.15) is 15.3 Å². The third-order valence-electron chi connectivity index (χ3n) is 8.03. The minimum Gasteiger partial charge on any atom is -0.423 e. The van der Waals surface area contributed by atoms with E-state index in [4.69, 9.17) is 9.15 Å². The second kappa shape index (κ2) is 12.1. The molecule has 1 aliphatic rings. The lowest BCUT2D eigenvalue weighted by Crippen LogP contribution is -2.35. The van der Waals surface area contributed by atoms with Crippen LogP contribution in [-0.2, 0) is 24.2 Å². The SMILES string of the molecule is CCCc1c(Cc2ccc(-c3ccccc3C#N)cc2)c(=O)n([C@H]2CC[C@H](OCc3nnc(C)o3)CC2)c2ncnn12. The largest absolute Gasteiger partial charge is 0.423 e. The second-order valence-corrected chi connectivity index (χ2v) is 10.8. The highest BCUT2D eigenvalue weighted by Crippen LogP contribution is 2.31. The number of nitrogens with zero attached hydrogens (tertiary/aromatic N) is 7. The summed E-state index contributed by atoms with van der Waals surface area (Å²) in [6, 6.07) is 18.0. The van der Waals surface area contributed by atoms with Gasteiger partial charge in [0.05, 0.1) is 23.4 Å². The molecule has 0 radical (unpaired) electrons. The van der Waals surface area contributed by atoms with Gasteiger partial charge in [0, 0.05) is 24.9 Å². The summed E-state index contributed by atoms with van der Waals surface area (Å²) >= 11 is 0. The number of aromatic nitrogens is 6. The molecule has 0 spiro atoms. The van der Waals surface area contributed by atoms with Gasteiger partial charge in [0.2, 0.25) is 17.6 Å². The lowest BCUT2D eigenvalue weighted by atomic mass is 9.92. The first-order valence-corrected chi connectivity index (χ1v) is 14.5. The summed E-state index contributed by atoms with van der Waals surface area (Å²) in [6.45, 7) is 4.16. The molecule has 10 nitrogen and oxygen atoms in total. The quantitative estimate of drug-likeness (QED) is 0.235. The van der Waals surface area contributed by atoms with Crippen molar-refractivity contribution in [2.75, 3.05) is 0 Å². The van der Waals surface area contributed by atoms with E-state index in [1.165, 1.54) is 6.33 Å². The maximum atomic E-state index is 14.2. The Labute approximate surface area is 243 Å². The predicted molar refractivity (Wildman–Crippen MR) is 156 cm³/mol. The van der Waals surface area contributed by atoms with Crippen molar-refractivity contribution < 1.29 is 9.15 Å². The van der Waals surface area contributed by atoms with Crippen LogP contribution in [-0.4, -0.2) is 35.5 Å². The molecule has 0 amide bonds. The second-order valence-electron chi connectivity index (χ2n) is 10.8. The standard InChI is InChI=1S/C32H33N7O3/c1-3-6-29-28(17-22-9-11-23(12-10-22)27-8-5-4-7-24(27)18-33)31(40)38(32-34-20-35-39(29)32)25-13-15-26(16-14-25)41-19-30-37-36-21(2)42-30/h4-5,7-12,20,25-26H,3,6,13-17,19H2,1-2H3/t25-,26-. The molecule has 42 heavy (non-hydrogen) atoms. The van der Waals surface area contributed by atoms with Gasteiger partial charge >= 0.3 is 0 Å². The molecule has 214 valence electrons. The molecule has 2 aromatic carbocycles. The highest BCUT2D eigenvalue weighted by atomic mass is 16.5. The number of aryl methyl sites for hydroxylation is 2. The van der Waals surface area contributed by atoms with Crippen molar-refractivity contribution >= 4 is 5.78 Å². The van der Waals surface area contributed by atoms with Crippen LogP contribution in [0.5, 0.6) is 0 Å². The highest BCUT2D eigenvalue weighted by Gasteiger charge is 2.28. The molecule has 3 aromatic heterocycles. The molecule has 0 aliphatic heterocycles. The van der Waals surface area contributed by atoms with E-state index in [0.717, 1.165) is 66.5 Å². The molecule has 0 N–H and O–H groups in total. The number of hydrogen-bond acceptors (Lipinski definition) is 8. The van der Waals surface area contributed by atoms with Gasteiger partial charge < -0.3 is 9.15 Å². The van der Waals surface area contributed by atoms with E-state index < -0.39 is 0 Å². The molecule has 6 rings (SSSR count). The van der Waals surface area contributed by atoms with Gasteiger partial charge in [-0.1, -0.05) is 55.8 Å². The van der Waals surface area contributed by atoms with Gasteiger partial charge in [-0.3, -0.25) is 9.36 Å². The Morgan fingerprint density at radius 1 is 1.07 bits per heavy atom. The van der Waals surface area contributed by atoms with E-state index in [2.05, 4.69) is 33.3 Å². The van der Waals surface area contributed by atoms with E-state index in [0.29, 0.717) is 36.2 Å². The lowest BCUT2D eigenvalue weighted by molar-refractivity contribution is -0.00132. The zero-order chi connectivity index (χ0) is 29.1. The summed E-state index contributed by atoms with van der Waals surface area (Å²) in [7, 11) is 0. The van der Waals surface area contributed by atoms with Crippen LogP contribution < -0.4 is 5.56 Å². The topological polar surface area (TPSA) is 124 Å². The molecule has 3 heterocycles. The molecule has 0 saturated heterocycles. The van der Waals surface area contributed by atoms with Crippen molar-refractivity contribution in [3.63, 3.8) is 0 Å². The first kappa shape index (κ1) is 27.5. The number of ether oxygens (including phenoxy) is 1. The molecule has 1 fully saturated rings. The van der Waals surface area contributed by atoms with Crippen molar-refractivity contribution in [2.45, 2.75) is 77.5 Å². The van der Waals surface area contributed by atoms with E-state index in [1.807, 2.05) is 57.6 Å². The number of benzene rings is 2. The number of hydrogen-bond donors (Lipinski definition) is 0. The van der Waals surface area contributed by atoms with Crippen molar-refractivity contribution in [1.29, 1.82) is 5.26 Å². The van der Waals surface area contributed by atoms with Crippen molar-refractivity contribution in [3.8, 4) is 17.2 Å². The normalized spacial score (nSPS) is 17.0. The van der Waals surface area contributed by atoms with Gasteiger partial charge in [-0.05, 0) is 54.9 Å². The Morgan fingerprint density at radius 2 is 1.86 bits per heavy atom. The summed E-state index contributed by atoms with van der Waals surface area (Å²) in [4.78, 5) is 18.8. The van der Waals surface area contributed by atoms with E-state index in [-0.39, 0.29) is 17.7 Å². The smallest absolute Gasteiger partial charge is 0.259 e. The minimum atomic E-state index is 0.00329. The fraction of sp³-hybridized carbons (Fsp3) is 0.375. The summed E-state index contributed by atoms with van der Waals surface area (Å²) in [5.74, 6) is 1.60. The lowest BCUT2D eigenvalue weighted by Gasteiger charge is -2.30. The zero-order valence-corrected chi connectivity index (χ0v) is 23.9. The van der Waals surface area contributed by atoms with Gasteiger partial charge in [-0.25, -0.2) is 4.52 Å². The van der Waals surface area contributed by atoms with Gasteiger partial charge in [0.1, 0.15) is 12.9 Å². The summed E-state index contributed by atoms with van der Waals surface area (Å²) in [5.41, 5.74) is 5.21. The molecule has 0 atom stereocenters. The van der Waals surface area contributed by atoms with Crippen LogP contribution in [0.3, 0.4) is 0 Å². The number of fused-ring (bicyclic) bond motifs is 1. The third kappa shape index (κ3) is 5.48. The van der Waals surface area contributed by atoms with Crippen molar-refractivity contribution in [1.82, 2.24) is 29.4 Å². The first-order valence-electron chi connectivity index (χ1n) is 14.5. The summed E-state index contributed by atoms with van der Waals surface area (Å²) in [6.07, 6.45) is 6.96. The average Bonchev–Trinajstić information content (AvgIpc) is 3.68. The van der Waals surface area contributed by atoms with Gasteiger partial charge in [0.15, 0.2) is 0 Å². The van der Waals surface area contributed by atoms with Crippen LogP contribution >= 0.6 is 0 Å². The highest BCUT2D eigenvalue weighted by molar-refractivity contribution is 5.70. The molecule has 0 bridgehead atoms. The number of nitriles is 1. The summed E-state index contributed by atoms with van der Waals surface area (Å²) < 4.78 is 15.2. The van der Waals surface area contributed by atoms with Crippen molar-refractivity contribution in [2.24, 2.45) is 0 Å². The van der Waals surface area contributed by atoms with Crippen LogP contribution in [0.2, 0.25) is 0 Å². The molecule has 5 aromatic rings. The Kier molecular flexibility index (Phi) is 7.93. The molecule has 1 aliphatic carbocycles. The van der Waals surface area contributed by atoms with Gasteiger partial charge in [0.25, 0.3) is 5.56 Å². The molecule has 0 unspecified atom stereocenters. The maximum Gasteiger partial charge on any atom is 0.259 e. The van der Waals surface area contributed by atoms with Crippen LogP contribution in [0.4, 0.5) is 0 Å². The Balaban J connectivity index is 1.27. The Bertz CT molecular complexity index is 1790. The summed E-state index contributed by atoms with van der Waals surface area (Å²) in [5, 5.41) is 21.9. The molecule has 1 saturated carbocycles. The van der Waals surface area contributed by atoms with Crippen LogP contribution in [0.15, 0.2) is 64.1 Å². The van der Waals surface area contributed by atoms with Crippen LogP contribution in [0.1, 0.15) is 79.2 Å². The zero-order valence-electron chi connectivity index (χ0n) is 23.9. The Morgan fingerprint density at radius 3 is 2.57 bits per heavy atom. The fourth-order valence-corrected chi connectivity index (χ4v) is 5.97. The molecular weight excluding hydrogens is 530 g/mol. The van der Waals surface area contributed by atoms with Crippen LogP contribution in [0, 0.1) is 18.3 Å². The molecular formula is C32H33N7O3. The van der Waals surface area contributed by atoms with Gasteiger partial charge in [-0.15, -0.1) is 10.2 Å². The first-order chi connectivity index (χ1) is 20.6. The number of rotatable bonds is 9. The predicted octanol–water partition coefficient (Wildman–Crippen LogP) is 5.36. The van der Waals surface area contributed by atoms with E-state index >= 15 is 0 Å².